The van der Waals surface area contributed by atoms with Crippen LogP contribution in [0.5, 0.6) is 0 Å². The van der Waals surface area contributed by atoms with E-state index in [9.17, 15) is 9.59 Å². The summed E-state index contributed by atoms with van der Waals surface area (Å²) < 4.78 is 0. The Balaban J connectivity index is 1.68. The van der Waals surface area contributed by atoms with Crippen molar-refractivity contribution in [2.45, 2.75) is 52.5 Å². The first-order chi connectivity index (χ1) is 13.5. The molecule has 2 rings (SSSR count). The average Bonchev–Trinajstić information content (AvgIpc) is 2.68. The summed E-state index contributed by atoms with van der Waals surface area (Å²) in [6, 6.07) is 7.94. The molecular formula is C22H34ClN3O2. The first kappa shape index (κ1) is 22.7. The fraction of sp³-hybridized carbons (Fsp3) is 0.636. The van der Waals surface area contributed by atoms with Crippen molar-refractivity contribution in [3.05, 3.63) is 34.9 Å². The predicted octanol–water partition coefficient (Wildman–Crippen LogP) is 3.80. The average molecular weight is 408 g/mol. The van der Waals surface area contributed by atoms with E-state index in [1.54, 1.807) is 0 Å². The van der Waals surface area contributed by atoms with Gasteiger partial charge in [0.25, 0.3) is 0 Å². The van der Waals surface area contributed by atoms with Crippen molar-refractivity contribution in [2.24, 2.45) is 0 Å². The summed E-state index contributed by atoms with van der Waals surface area (Å²) in [6.07, 6.45) is 3.53. The molecule has 0 saturated carbocycles. The number of halogens is 1. The third-order valence-electron chi connectivity index (χ3n) is 5.14. The number of benzene rings is 1. The maximum absolute atomic E-state index is 12.5. The van der Waals surface area contributed by atoms with Crippen LogP contribution in [-0.4, -0.2) is 65.8 Å². The van der Waals surface area contributed by atoms with E-state index < -0.39 is 0 Å². The van der Waals surface area contributed by atoms with Crippen molar-refractivity contribution in [3.8, 4) is 0 Å². The van der Waals surface area contributed by atoms with Gasteiger partial charge in [-0.05, 0) is 37.0 Å². The van der Waals surface area contributed by atoms with Gasteiger partial charge in [0.1, 0.15) is 0 Å². The molecule has 1 saturated heterocycles. The van der Waals surface area contributed by atoms with Gasteiger partial charge in [-0.3, -0.25) is 14.5 Å². The van der Waals surface area contributed by atoms with E-state index in [1.165, 1.54) is 5.56 Å². The highest BCUT2D eigenvalue weighted by molar-refractivity contribution is 6.30. The Hall–Kier alpha value is -1.59. The zero-order valence-corrected chi connectivity index (χ0v) is 18.1. The van der Waals surface area contributed by atoms with Crippen molar-refractivity contribution in [1.82, 2.24) is 14.7 Å². The van der Waals surface area contributed by atoms with E-state index in [4.69, 9.17) is 11.6 Å². The third-order valence-corrected chi connectivity index (χ3v) is 5.38. The van der Waals surface area contributed by atoms with Crippen molar-refractivity contribution in [1.29, 1.82) is 0 Å². The highest BCUT2D eigenvalue weighted by Gasteiger charge is 2.21. The Labute approximate surface area is 174 Å². The zero-order valence-electron chi connectivity index (χ0n) is 17.3. The summed E-state index contributed by atoms with van der Waals surface area (Å²) in [7, 11) is 0. The molecule has 1 aliphatic rings. The number of amides is 2. The molecule has 0 N–H and O–H groups in total. The van der Waals surface area contributed by atoms with E-state index in [0.29, 0.717) is 19.3 Å². The molecule has 1 fully saturated rings. The summed E-state index contributed by atoms with van der Waals surface area (Å²) in [6.45, 7) is 9.93. The maximum atomic E-state index is 12.5. The number of piperazine rings is 1. The predicted molar refractivity (Wildman–Crippen MR) is 114 cm³/mol. The van der Waals surface area contributed by atoms with Gasteiger partial charge in [-0.2, -0.15) is 0 Å². The van der Waals surface area contributed by atoms with Crippen molar-refractivity contribution in [3.63, 3.8) is 0 Å². The lowest BCUT2D eigenvalue weighted by Crippen LogP contribution is -2.48. The van der Waals surface area contributed by atoms with Crippen LogP contribution >= 0.6 is 11.6 Å². The Morgan fingerprint density at radius 2 is 1.71 bits per heavy atom. The van der Waals surface area contributed by atoms with Gasteiger partial charge < -0.3 is 9.80 Å². The molecule has 0 unspecified atom stereocenters. The second-order valence-corrected chi connectivity index (χ2v) is 7.96. The number of carbonyl (C=O) groups is 2. The van der Waals surface area contributed by atoms with E-state index in [2.05, 4.69) is 24.8 Å². The molecule has 1 heterocycles. The van der Waals surface area contributed by atoms with Crippen LogP contribution in [0.4, 0.5) is 0 Å². The summed E-state index contributed by atoms with van der Waals surface area (Å²) in [4.78, 5) is 31.0. The quantitative estimate of drug-likeness (QED) is 0.592. The molecule has 0 spiro atoms. The first-order valence-electron chi connectivity index (χ1n) is 10.6. The number of nitrogens with zero attached hydrogens (tertiary/aromatic N) is 3. The van der Waals surface area contributed by atoms with Crippen molar-refractivity contribution >= 4 is 23.4 Å². The molecule has 156 valence electrons. The van der Waals surface area contributed by atoms with Gasteiger partial charge in [0.05, 0.1) is 0 Å². The number of hydrogen-bond acceptors (Lipinski definition) is 3. The minimum absolute atomic E-state index is 0.174. The highest BCUT2D eigenvalue weighted by atomic mass is 35.5. The molecule has 1 aliphatic heterocycles. The number of hydrogen-bond donors (Lipinski definition) is 0. The lowest BCUT2D eigenvalue weighted by atomic mass is 10.1. The first-order valence-corrected chi connectivity index (χ1v) is 10.9. The molecule has 0 aliphatic carbocycles. The van der Waals surface area contributed by atoms with Crippen LogP contribution in [0.2, 0.25) is 5.02 Å². The summed E-state index contributed by atoms with van der Waals surface area (Å²) in [5.41, 5.74) is 1.20. The van der Waals surface area contributed by atoms with Crippen LogP contribution in [0, 0.1) is 0 Å². The Morgan fingerprint density at radius 3 is 2.32 bits per heavy atom. The minimum atomic E-state index is 0.174. The minimum Gasteiger partial charge on any atom is -0.343 e. The van der Waals surface area contributed by atoms with Crippen molar-refractivity contribution < 1.29 is 9.59 Å². The molecule has 1 aromatic rings. The van der Waals surface area contributed by atoms with Crippen LogP contribution < -0.4 is 0 Å². The molecule has 5 nitrogen and oxygen atoms in total. The fourth-order valence-corrected chi connectivity index (χ4v) is 3.87. The lowest BCUT2D eigenvalue weighted by molar-refractivity contribution is -0.134. The van der Waals surface area contributed by atoms with Gasteiger partial charge in [0.2, 0.25) is 11.8 Å². The molecule has 1 aromatic carbocycles. The summed E-state index contributed by atoms with van der Waals surface area (Å²) >= 11 is 6.05. The van der Waals surface area contributed by atoms with Crippen LogP contribution in [0.1, 0.15) is 51.5 Å². The molecule has 0 aromatic heterocycles. The van der Waals surface area contributed by atoms with Gasteiger partial charge in [0, 0.05) is 63.7 Å². The van der Waals surface area contributed by atoms with Crippen LogP contribution in [-0.2, 0) is 16.1 Å². The molecule has 0 atom stereocenters. The van der Waals surface area contributed by atoms with Gasteiger partial charge >= 0.3 is 0 Å². The van der Waals surface area contributed by atoms with Crippen LogP contribution in [0.25, 0.3) is 0 Å². The number of carbonyl (C=O) groups excluding carboxylic acids is 2. The molecule has 6 heteroatoms. The smallest absolute Gasteiger partial charge is 0.222 e. The van der Waals surface area contributed by atoms with E-state index in [-0.39, 0.29) is 11.8 Å². The van der Waals surface area contributed by atoms with E-state index in [1.807, 2.05) is 28.0 Å². The van der Waals surface area contributed by atoms with E-state index >= 15 is 0 Å². The SMILES string of the molecule is CCCN(CCC)C(=O)CCCC(=O)N1CCN(Cc2cccc(Cl)c2)CC1. The highest BCUT2D eigenvalue weighted by Crippen LogP contribution is 2.14. The molecule has 28 heavy (non-hydrogen) atoms. The standard InChI is InChI=1S/C22H34ClN3O2/c1-3-11-25(12-4-2)21(27)9-6-10-22(28)26-15-13-24(14-16-26)18-19-7-5-8-20(23)17-19/h5,7-8,17H,3-4,6,9-16,18H2,1-2H3. The van der Waals surface area contributed by atoms with Gasteiger partial charge in [-0.1, -0.05) is 37.6 Å². The largest absolute Gasteiger partial charge is 0.343 e. The zero-order chi connectivity index (χ0) is 20.4. The normalized spacial score (nSPS) is 14.9. The van der Waals surface area contributed by atoms with Gasteiger partial charge in [-0.25, -0.2) is 0 Å². The van der Waals surface area contributed by atoms with Gasteiger partial charge in [0.15, 0.2) is 0 Å². The Morgan fingerprint density at radius 1 is 1.04 bits per heavy atom. The Bertz CT molecular complexity index is 624. The molecule has 2 amide bonds. The maximum Gasteiger partial charge on any atom is 0.222 e. The monoisotopic (exact) mass is 407 g/mol. The fourth-order valence-electron chi connectivity index (χ4n) is 3.66. The summed E-state index contributed by atoms with van der Waals surface area (Å²) in [5, 5.41) is 0.761. The van der Waals surface area contributed by atoms with Crippen molar-refractivity contribution in [2.75, 3.05) is 39.3 Å². The molecular weight excluding hydrogens is 374 g/mol. The van der Waals surface area contributed by atoms with E-state index in [0.717, 1.165) is 63.7 Å². The Kier molecular flexibility index (Phi) is 9.79. The molecule has 0 radical (unpaired) electrons. The topological polar surface area (TPSA) is 43.9 Å². The summed E-state index contributed by atoms with van der Waals surface area (Å²) in [5.74, 6) is 0.357. The second kappa shape index (κ2) is 12.1. The molecule has 0 bridgehead atoms. The van der Waals surface area contributed by atoms with Crippen LogP contribution in [0.3, 0.4) is 0 Å². The van der Waals surface area contributed by atoms with Crippen LogP contribution in [0.15, 0.2) is 24.3 Å². The second-order valence-electron chi connectivity index (χ2n) is 7.52. The number of rotatable bonds is 10. The lowest BCUT2D eigenvalue weighted by Gasteiger charge is -2.35. The third kappa shape index (κ3) is 7.44. The van der Waals surface area contributed by atoms with Gasteiger partial charge in [-0.15, -0.1) is 0 Å².